The van der Waals surface area contributed by atoms with Crippen molar-refractivity contribution < 1.29 is 0 Å². The van der Waals surface area contributed by atoms with Crippen molar-refractivity contribution in [3.63, 3.8) is 0 Å². The normalized spacial score (nSPS) is 11.5. The number of benzene rings is 1. The van der Waals surface area contributed by atoms with Crippen LogP contribution in [0.1, 0.15) is 0 Å². The summed E-state index contributed by atoms with van der Waals surface area (Å²) in [5, 5.41) is 0. The lowest BCUT2D eigenvalue weighted by Gasteiger charge is -2.02. The molecule has 2 aromatic rings. The maximum Gasteiger partial charge on any atom is 0.223 e. The predicted octanol–water partition coefficient (Wildman–Crippen LogP) is 0.612. The van der Waals surface area contributed by atoms with Crippen LogP contribution in [0.4, 0.5) is 5.69 Å². The van der Waals surface area contributed by atoms with E-state index in [1.165, 1.54) is 0 Å². The highest BCUT2D eigenvalue weighted by Gasteiger charge is 2.06. The van der Waals surface area contributed by atoms with Crippen LogP contribution >= 0.6 is 15.9 Å². The fourth-order valence-electron chi connectivity index (χ4n) is 1.36. The van der Waals surface area contributed by atoms with Crippen molar-refractivity contribution in [2.24, 2.45) is 27.2 Å². The van der Waals surface area contributed by atoms with E-state index in [1.54, 1.807) is 24.5 Å². The number of hydrogen-bond acceptors (Lipinski definition) is 3. The van der Waals surface area contributed by atoms with Crippen molar-refractivity contribution in [3.05, 3.63) is 29.0 Å². The molecular formula is C10H10BrN7. The molecule has 0 aliphatic carbocycles. The van der Waals surface area contributed by atoms with Crippen molar-refractivity contribution >= 4 is 44.6 Å². The Morgan fingerprint density at radius 1 is 1.11 bits per heavy atom. The van der Waals surface area contributed by atoms with Gasteiger partial charge in [-0.3, -0.25) is 9.97 Å². The summed E-state index contributed by atoms with van der Waals surface area (Å²) in [6.07, 6.45) is 3.21. The Morgan fingerprint density at radius 2 is 1.83 bits per heavy atom. The van der Waals surface area contributed by atoms with Crippen LogP contribution in [-0.2, 0) is 0 Å². The van der Waals surface area contributed by atoms with Gasteiger partial charge in [0.05, 0.1) is 15.7 Å². The predicted molar refractivity (Wildman–Crippen MR) is 74.3 cm³/mol. The molecule has 0 aliphatic heterocycles. The fourth-order valence-corrected chi connectivity index (χ4v) is 1.89. The topological polar surface area (TPSA) is 129 Å². The zero-order valence-electron chi connectivity index (χ0n) is 9.21. The average Bonchev–Trinajstić information content (AvgIpc) is 2.32. The van der Waals surface area contributed by atoms with Crippen LogP contribution in [0.5, 0.6) is 0 Å². The highest BCUT2D eigenvalue weighted by atomic mass is 79.9. The average molecular weight is 308 g/mol. The lowest BCUT2D eigenvalue weighted by Crippen LogP contribution is -2.26. The maximum absolute atomic E-state index is 5.57. The van der Waals surface area contributed by atoms with Gasteiger partial charge in [0, 0.05) is 12.4 Å². The molecule has 92 valence electrons. The summed E-state index contributed by atoms with van der Waals surface area (Å²) >= 11 is 3.40. The van der Waals surface area contributed by atoms with Gasteiger partial charge in [0.15, 0.2) is 5.96 Å². The van der Waals surface area contributed by atoms with Crippen LogP contribution in [0.15, 0.2) is 39.0 Å². The highest BCUT2D eigenvalue weighted by Crippen LogP contribution is 2.31. The largest absolute Gasteiger partial charge is 0.370 e. The lowest BCUT2D eigenvalue weighted by atomic mass is 10.2. The van der Waals surface area contributed by atoms with Gasteiger partial charge in [-0.05, 0) is 28.1 Å². The van der Waals surface area contributed by atoms with Crippen LogP contribution in [0.2, 0.25) is 0 Å². The number of halogens is 1. The molecule has 0 spiro atoms. The summed E-state index contributed by atoms with van der Waals surface area (Å²) in [4.78, 5) is 16.1. The molecule has 0 atom stereocenters. The van der Waals surface area contributed by atoms with E-state index in [9.17, 15) is 0 Å². The Balaban J connectivity index is 2.53. The number of aliphatic imine (C=N–C) groups is 2. The molecule has 0 bridgehead atoms. The molecule has 8 heteroatoms. The molecule has 0 unspecified atom stereocenters. The van der Waals surface area contributed by atoms with Gasteiger partial charge in [-0.1, -0.05) is 0 Å². The van der Waals surface area contributed by atoms with Crippen molar-refractivity contribution in [3.8, 4) is 0 Å². The Morgan fingerprint density at radius 3 is 2.56 bits per heavy atom. The van der Waals surface area contributed by atoms with E-state index < -0.39 is 0 Å². The summed E-state index contributed by atoms with van der Waals surface area (Å²) in [5.74, 6) is -0.174. The smallest absolute Gasteiger partial charge is 0.223 e. The third kappa shape index (κ3) is 2.54. The molecule has 1 heterocycles. The minimum atomic E-state index is -0.145. The molecule has 0 saturated heterocycles. The second-order valence-electron chi connectivity index (χ2n) is 3.33. The summed E-state index contributed by atoms with van der Waals surface area (Å²) in [6.45, 7) is 0. The Hall–Kier alpha value is -2.22. The second-order valence-corrected chi connectivity index (χ2v) is 4.12. The summed E-state index contributed by atoms with van der Waals surface area (Å²) in [7, 11) is 0. The molecular weight excluding hydrogens is 298 g/mol. The van der Waals surface area contributed by atoms with Crippen LogP contribution in [-0.4, -0.2) is 21.9 Å². The molecule has 0 radical (unpaired) electrons. The third-order valence-corrected chi connectivity index (χ3v) is 2.82. The molecule has 2 rings (SSSR count). The molecule has 0 saturated carbocycles. The number of fused-ring (bicyclic) bond motifs is 1. The van der Waals surface area contributed by atoms with Crippen molar-refractivity contribution in [2.45, 2.75) is 0 Å². The van der Waals surface area contributed by atoms with E-state index in [0.717, 1.165) is 5.52 Å². The summed E-state index contributed by atoms with van der Waals surface area (Å²) in [6, 6.07) is 3.53. The quantitative estimate of drug-likeness (QED) is 0.525. The maximum atomic E-state index is 5.57. The Labute approximate surface area is 111 Å². The van der Waals surface area contributed by atoms with Gasteiger partial charge in [-0.2, -0.15) is 4.99 Å². The first kappa shape index (κ1) is 12.2. The molecule has 0 amide bonds. The standard InChI is InChI=1S/C10H10BrN7/c11-7-5(17-10(14)18-9(12)13)1-2-6-8(7)16-4-3-15-6/h1-4H,(H6,12,13,14,17,18). The molecule has 6 N–H and O–H groups in total. The Bertz CT molecular complexity index is 646. The third-order valence-electron chi connectivity index (χ3n) is 2.04. The summed E-state index contributed by atoms with van der Waals surface area (Å²) < 4.78 is 0.682. The monoisotopic (exact) mass is 307 g/mol. The van der Waals surface area contributed by atoms with Crippen molar-refractivity contribution in [1.29, 1.82) is 0 Å². The van der Waals surface area contributed by atoms with Gasteiger partial charge in [0.25, 0.3) is 0 Å². The van der Waals surface area contributed by atoms with Gasteiger partial charge in [-0.15, -0.1) is 0 Å². The first-order valence-corrected chi connectivity index (χ1v) is 5.70. The van der Waals surface area contributed by atoms with Crippen molar-refractivity contribution in [1.82, 2.24) is 9.97 Å². The molecule has 0 aliphatic rings. The zero-order chi connectivity index (χ0) is 13.1. The minimum Gasteiger partial charge on any atom is -0.370 e. The number of hydrogen-bond donors (Lipinski definition) is 3. The summed E-state index contributed by atoms with van der Waals surface area (Å²) in [5.41, 5.74) is 18.0. The molecule has 0 fully saturated rings. The van der Waals surface area contributed by atoms with E-state index in [4.69, 9.17) is 17.2 Å². The van der Waals surface area contributed by atoms with Gasteiger partial charge in [-0.25, -0.2) is 4.99 Å². The van der Waals surface area contributed by atoms with Crippen LogP contribution in [0, 0.1) is 0 Å². The molecule has 1 aromatic heterocycles. The highest BCUT2D eigenvalue weighted by molar-refractivity contribution is 9.10. The number of rotatable bonds is 1. The van der Waals surface area contributed by atoms with E-state index in [0.29, 0.717) is 15.7 Å². The number of nitrogens with two attached hydrogens (primary N) is 3. The molecule has 1 aromatic carbocycles. The van der Waals surface area contributed by atoms with E-state index >= 15 is 0 Å². The molecule has 7 nitrogen and oxygen atoms in total. The van der Waals surface area contributed by atoms with Crippen LogP contribution in [0.3, 0.4) is 0 Å². The van der Waals surface area contributed by atoms with Gasteiger partial charge >= 0.3 is 0 Å². The minimum absolute atomic E-state index is 0.0288. The first-order chi connectivity index (χ1) is 8.58. The number of nitrogens with zero attached hydrogens (tertiary/aromatic N) is 4. The first-order valence-electron chi connectivity index (χ1n) is 4.91. The van der Waals surface area contributed by atoms with Crippen molar-refractivity contribution in [2.75, 3.05) is 0 Å². The second kappa shape index (κ2) is 4.96. The van der Waals surface area contributed by atoms with E-state index in [-0.39, 0.29) is 11.9 Å². The van der Waals surface area contributed by atoms with E-state index in [1.807, 2.05) is 0 Å². The van der Waals surface area contributed by atoms with Crippen LogP contribution in [0.25, 0.3) is 11.0 Å². The lowest BCUT2D eigenvalue weighted by molar-refractivity contribution is 1.28. The van der Waals surface area contributed by atoms with Gasteiger partial charge in [0.1, 0.15) is 5.52 Å². The Kier molecular flexibility index (Phi) is 3.38. The fraction of sp³-hybridized carbons (Fsp3) is 0. The zero-order valence-corrected chi connectivity index (χ0v) is 10.8. The van der Waals surface area contributed by atoms with E-state index in [2.05, 4.69) is 35.9 Å². The number of guanidine groups is 2. The SMILES string of the molecule is NC(N)=NC(N)=Nc1ccc2nccnc2c1Br. The van der Waals surface area contributed by atoms with Gasteiger partial charge in [0.2, 0.25) is 5.96 Å². The van der Waals surface area contributed by atoms with Gasteiger partial charge < -0.3 is 17.2 Å². The molecule has 18 heavy (non-hydrogen) atoms. The van der Waals surface area contributed by atoms with Crippen LogP contribution < -0.4 is 17.2 Å². The number of aromatic nitrogens is 2.